The van der Waals surface area contributed by atoms with Crippen LogP contribution < -0.4 is 0 Å². The zero-order chi connectivity index (χ0) is 12.4. The van der Waals surface area contributed by atoms with Crippen molar-refractivity contribution in [2.75, 3.05) is 0 Å². The Kier molecular flexibility index (Phi) is 12.0. The maximum absolute atomic E-state index is 10.8. The first-order valence-corrected chi connectivity index (χ1v) is 5.43. The molecule has 0 bridgehead atoms. The summed E-state index contributed by atoms with van der Waals surface area (Å²) in [5, 5.41) is 0. The standard InChI is InChI=1S/C8H15O2.C6H5.U/c1-5-6-7(9)10-8(2,3)4;1-2-4-6-5-3-1;/h6H,5H2,1-4H3;1-5H;/q2*-1;+2. The average molecular weight is 458 g/mol. The van der Waals surface area contributed by atoms with Gasteiger partial charge in [0.25, 0.3) is 0 Å². The van der Waals surface area contributed by atoms with Crippen LogP contribution in [0, 0.1) is 43.6 Å². The molecule has 0 unspecified atom stereocenters. The van der Waals surface area contributed by atoms with Crippen LogP contribution in [0.4, 0.5) is 0 Å². The second kappa shape index (κ2) is 10.7. The predicted octanol–water partition coefficient (Wildman–Crippen LogP) is 3.43. The molecule has 1 rings (SSSR count). The van der Waals surface area contributed by atoms with E-state index in [1.165, 1.54) is 6.42 Å². The molecule has 0 aliphatic rings. The van der Waals surface area contributed by atoms with E-state index in [1.807, 2.05) is 58.0 Å². The fraction of sp³-hybridized carbons (Fsp3) is 0.429. The number of hydrogen-bond donors (Lipinski definition) is 0. The van der Waals surface area contributed by atoms with Crippen LogP contribution in [0.2, 0.25) is 0 Å². The van der Waals surface area contributed by atoms with Crippen molar-refractivity contribution >= 4 is 5.97 Å². The van der Waals surface area contributed by atoms with Crippen LogP contribution in [0.3, 0.4) is 0 Å². The van der Waals surface area contributed by atoms with Gasteiger partial charge in [-0.05, 0) is 20.8 Å². The van der Waals surface area contributed by atoms with Crippen molar-refractivity contribution in [1.82, 2.24) is 0 Å². The van der Waals surface area contributed by atoms with Crippen molar-refractivity contribution in [3.05, 3.63) is 42.8 Å². The van der Waals surface area contributed by atoms with Gasteiger partial charge >= 0.3 is 31.1 Å². The summed E-state index contributed by atoms with van der Waals surface area (Å²) in [4.78, 5) is 10.8. The van der Waals surface area contributed by atoms with Gasteiger partial charge < -0.3 is 4.74 Å². The molecule has 2 nitrogen and oxygen atoms in total. The van der Waals surface area contributed by atoms with Crippen LogP contribution in [0.25, 0.3) is 0 Å². The van der Waals surface area contributed by atoms with Crippen molar-refractivity contribution in [2.45, 2.75) is 39.7 Å². The molecule has 0 aliphatic heterocycles. The Balaban J connectivity index is 0. The second-order valence-electron chi connectivity index (χ2n) is 4.22. The van der Waals surface area contributed by atoms with Crippen LogP contribution >= 0.6 is 0 Å². The molecular weight excluding hydrogens is 438 g/mol. The summed E-state index contributed by atoms with van der Waals surface area (Å²) in [6.07, 6.45) is 2.26. The summed E-state index contributed by atoms with van der Waals surface area (Å²) in [5.41, 5.74) is -0.358. The molecule has 17 heavy (non-hydrogen) atoms. The fourth-order valence-electron chi connectivity index (χ4n) is 0.852. The molecule has 0 spiro atoms. The van der Waals surface area contributed by atoms with E-state index in [9.17, 15) is 4.79 Å². The van der Waals surface area contributed by atoms with Crippen molar-refractivity contribution in [3.63, 3.8) is 0 Å². The summed E-state index contributed by atoms with van der Waals surface area (Å²) in [6, 6.07) is 12.5. The van der Waals surface area contributed by atoms with Crippen molar-refractivity contribution in [2.24, 2.45) is 0 Å². The maximum atomic E-state index is 10.8. The van der Waals surface area contributed by atoms with Gasteiger partial charge in [0.1, 0.15) is 5.60 Å². The zero-order valence-electron chi connectivity index (χ0n) is 11.0. The van der Waals surface area contributed by atoms with Crippen molar-refractivity contribution < 1.29 is 40.6 Å². The minimum absolute atomic E-state index is 0. The topological polar surface area (TPSA) is 26.3 Å². The first-order chi connectivity index (χ1) is 7.45. The summed E-state index contributed by atoms with van der Waals surface area (Å²) in [6.45, 7) is 7.47. The molecule has 1 aromatic rings. The molecule has 0 atom stereocenters. The van der Waals surface area contributed by atoms with E-state index >= 15 is 0 Å². The third kappa shape index (κ3) is 15.6. The van der Waals surface area contributed by atoms with Gasteiger partial charge in [-0.25, -0.2) is 0 Å². The number of hydrogen-bond acceptors (Lipinski definition) is 2. The van der Waals surface area contributed by atoms with E-state index in [0.717, 1.165) is 6.42 Å². The Hall–Kier alpha value is -0.388. The molecule has 0 saturated heterocycles. The quantitative estimate of drug-likeness (QED) is 0.502. The molecular formula is C14H20O2U. The molecule has 3 heteroatoms. The third-order valence-electron chi connectivity index (χ3n) is 1.38. The van der Waals surface area contributed by atoms with E-state index < -0.39 is 0 Å². The van der Waals surface area contributed by atoms with E-state index in [0.29, 0.717) is 0 Å². The number of benzene rings is 1. The Morgan fingerprint density at radius 1 is 1.24 bits per heavy atom. The summed E-state index contributed by atoms with van der Waals surface area (Å²) in [5.74, 6) is -0.227. The van der Waals surface area contributed by atoms with Crippen molar-refractivity contribution in [3.8, 4) is 0 Å². The first kappa shape index (κ1) is 19.0. The van der Waals surface area contributed by atoms with Gasteiger partial charge in [-0.2, -0.15) is 42.8 Å². The molecule has 0 fully saturated rings. The summed E-state index contributed by atoms with van der Waals surface area (Å²) in [7, 11) is 0. The molecule has 0 amide bonds. The van der Waals surface area contributed by atoms with Gasteiger partial charge in [-0.15, -0.1) is 0 Å². The molecule has 0 N–H and O–H groups in total. The normalized spacial score (nSPS) is 9.18. The summed E-state index contributed by atoms with van der Waals surface area (Å²) >= 11 is 0. The second-order valence-corrected chi connectivity index (χ2v) is 4.22. The largest absolute Gasteiger partial charge is 2.00 e. The van der Waals surface area contributed by atoms with Crippen LogP contribution in [0.15, 0.2) is 30.3 Å². The minimum atomic E-state index is -0.358. The zero-order valence-corrected chi connectivity index (χ0v) is 15.2. The van der Waals surface area contributed by atoms with E-state index in [4.69, 9.17) is 4.74 Å². The Bertz CT molecular complexity index is 251. The van der Waals surface area contributed by atoms with Crippen molar-refractivity contribution in [1.29, 1.82) is 0 Å². The van der Waals surface area contributed by atoms with Gasteiger partial charge in [-0.1, -0.05) is 6.92 Å². The predicted molar refractivity (Wildman–Crippen MR) is 65.7 cm³/mol. The number of rotatable bonds is 2. The molecule has 0 heterocycles. The van der Waals surface area contributed by atoms with Gasteiger partial charge in [0.05, 0.1) is 0 Å². The monoisotopic (exact) mass is 458 g/mol. The fourth-order valence-corrected chi connectivity index (χ4v) is 0.852. The number of carbonyl (C=O) groups excluding carboxylic acids is 1. The molecule has 0 radical (unpaired) electrons. The number of esters is 1. The molecule has 92 valence electrons. The third-order valence-corrected chi connectivity index (χ3v) is 1.38. The Morgan fingerprint density at radius 3 is 2.00 bits per heavy atom. The van der Waals surface area contributed by atoms with Crippen LogP contribution in [0.5, 0.6) is 0 Å². The number of carbonyl (C=O) groups is 1. The number of ether oxygens (including phenoxy) is 1. The van der Waals surface area contributed by atoms with Crippen LogP contribution in [-0.2, 0) is 9.53 Å². The van der Waals surface area contributed by atoms with Crippen LogP contribution in [-0.4, -0.2) is 11.6 Å². The SMILES string of the molecule is CC[CH-]C(=O)OC(C)(C)C.[U+2].[c-]1ccccc1. The van der Waals surface area contributed by atoms with E-state index in [-0.39, 0.29) is 42.7 Å². The minimum Gasteiger partial charge on any atom is -0.483 e. The Morgan fingerprint density at radius 2 is 1.76 bits per heavy atom. The molecule has 0 aliphatic carbocycles. The van der Waals surface area contributed by atoms with Gasteiger partial charge in [0.15, 0.2) is 5.97 Å². The molecule has 1 aromatic carbocycles. The molecule has 0 saturated carbocycles. The van der Waals surface area contributed by atoms with Gasteiger partial charge in [-0.3, -0.25) is 11.2 Å². The van der Waals surface area contributed by atoms with Crippen LogP contribution in [0.1, 0.15) is 34.1 Å². The maximum Gasteiger partial charge on any atom is 2.00 e. The summed E-state index contributed by atoms with van der Waals surface area (Å²) < 4.78 is 4.98. The van der Waals surface area contributed by atoms with Gasteiger partial charge in [0, 0.05) is 0 Å². The van der Waals surface area contributed by atoms with E-state index in [1.54, 1.807) is 0 Å². The first-order valence-electron chi connectivity index (χ1n) is 5.43. The van der Waals surface area contributed by atoms with E-state index in [2.05, 4.69) is 6.07 Å². The Labute approximate surface area is 129 Å². The average Bonchev–Trinajstić information content (AvgIpc) is 2.19. The smallest absolute Gasteiger partial charge is 0.483 e. The van der Waals surface area contributed by atoms with Gasteiger partial charge in [0.2, 0.25) is 0 Å². The molecule has 0 aromatic heterocycles.